The molecule has 0 saturated carbocycles. The van der Waals surface area contributed by atoms with E-state index in [1.165, 1.54) is 30.7 Å². The van der Waals surface area contributed by atoms with Crippen LogP contribution in [0, 0.1) is 0 Å². The lowest BCUT2D eigenvalue weighted by Gasteiger charge is -2.02. The number of aromatic hydroxyl groups is 1. The maximum atomic E-state index is 12.1. The molecule has 0 radical (unpaired) electrons. The Morgan fingerprint density at radius 3 is 2.96 bits per heavy atom. The van der Waals surface area contributed by atoms with Crippen LogP contribution in [0.1, 0.15) is 16.1 Å². The topological polar surface area (TPSA) is 99.6 Å². The molecule has 2 aromatic heterocycles. The second-order valence-corrected chi connectivity index (χ2v) is 6.61. The SMILES string of the molecule is COc1ccc(O)c(/C=N/NC(=O)c2cc(-c3ccc(Cl)s3)[nH]n2)c1. The zero-order valence-corrected chi connectivity index (χ0v) is 14.6. The molecule has 25 heavy (non-hydrogen) atoms. The van der Waals surface area contributed by atoms with E-state index >= 15 is 0 Å². The number of ether oxygens (including phenoxy) is 1. The van der Waals surface area contributed by atoms with Crippen molar-refractivity contribution in [3.05, 3.63) is 52.0 Å². The summed E-state index contributed by atoms with van der Waals surface area (Å²) in [6, 6.07) is 9.91. The first-order chi connectivity index (χ1) is 12.1. The van der Waals surface area contributed by atoms with Gasteiger partial charge in [0, 0.05) is 5.56 Å². The average Bonchev–Trinajstić information content (AvgIpc) is 3.25. The van der Waals surface area contributed by atoms with Gasteiger partial charge in [0.25, 0.3) is 5.91 Å². The van der Waals surface area contributed by atoms with Crippen LogP contribution in [-0.4, -0.2) is 34.5 Å². The van der Waals surface area contributed by atoms with Crippen LogP contribution >= 0.6 is 22.9 Å². The molecule has 0 atom stereocenters. The van der Waals surface area contributed by atoms with Gasteiger partial charge in [0.05, 0.1) is 28.2 Å². The van der Waals surface area contributed by atoms with E-state index in [0.717, 1.165) is 4.88 Å². The number of benzene rings is 1. The average molecular weight is 377 g/mol. The van der Waals surface area contributed by atoms with Crippen molar-refractivity contribution in [2.75, 3.05) is 7.11 Å². The predicted octanol–water partition coefficient (Wildman–Crippen LogP) is 3.27. The van der Waals surface area contributed by atoms with Crippen molar-refractivity contribution in [2.45, 2.75) is 0 Å². The molecule has 3 N–H and O–H groups in total. The summed E-state index contributed by atoms with van der Waals surface area (Å²) in [6.07, 6.45) is 1.32. The van der Waals surface area contributed by atoms with E-state index < -0.39 is 5.91 Å². The van der Waals surface area contributed by atoms with Crippen molar-refractivity contribution in [1.29, 1.82) is 0 Å². The van der Waals surface area contributed by atoms with Gasteiger partial charge >= 0.3 is 0 Å². The van der Waals surface area contributed by atoms with Crippen LogP contribution < -0.4 is 10.2 Å². The molecule has 7 nitrogen and oxygen atoms in total. The minimum Gasteiger partial charge on any atom is -0.507 e. The molecule has 0 aliphatic heterocycles. The monoisotopic (exact) mass is 376 g/mol. The fourth-order valence-electron chi connectivity index (χ4n) is 2.00. The van der Waals surface area contributed by atoms with Gasteiger partial charge in [0.15, 0.2) is 5.69 Å². The van der Waals surface area contributed by atoms with Gasteiger partial charge < -0.3 is 9.84 Å². The number of hydrogen-bond acceptors (Lipinski definition) is 6. The molecule has 0 aliphatic rings. The van der Waals surface area contributed by atoms with Crippen LogP contribution in [0.2, 0.25) is 4.34 Å². The molecular formula is C16H13ClN4O3S. The highest BCUT2D eigenvalue weighted by atomic mass is 35.5. The maximum absolute atomic E-state index is 12.1. The quantitative estimate of drug-likeness (QED) is 0.470. The first-order valence-electron chi connectivity index (χ1n) is 7.08. The summed E-state index contributed by atoms with van der Waals surface area (Å²) >= 11 is 7.28. The number of phenolic OH excluding ortho intramolecular Hbond substituents is 1. The molecule has 3 rings (SSSR count). The lowest BCUT2D eigenvalue weighted by atomic mass is 10.2. The van der Waals surface area contributed by atoms with E-state index in [0.29, 0.717) is 21.3 Å². The third kappa shape index (κ3) is 3.98. The highest BCUT2D eigenvalue weighted by Crippen LogP contribution is 2.29. The largest absolute Gasteiger partial charge is 0.507 e. The van der Waals surface area contributed by atoms with Gasteiger partial charge in [-0.05, 0) is 36.4 Å². The fraction of sp³-hybridized carbons (Fsp3) is 0.0625. The van der Waals surface area contributed by atoms with Gasteiger partial charge in [-0.1, -0.05) is 11.6 Å². The lowest BCUT2D eigenvalue weighted by molar-refractivity contribution is 0.0950. The number of hydrogen-bond donors (Lipinski definition) is 3. The Morgan fingerprint density at radius 1 is 1.40 bits per heavy atom. The zero-order chi connectivity index (χ0) is 17.8. The number of aromatic amines is 1. The number of carbonyl (C=O) groups excluding carboxylic acids is 1. The summed E-state index contributed by atoms with van der Waals surface area (Å²) in [7, 11) is 1.52. The number of nitrogens with one attached hydrogen (secondary N) is 2. The summed E-state index contributed by atoms with van der Waals surface area (Å²) < 4.78 is 5.72. The number of aromatic nitrogens is 2. The molecule has 0 unspecified atom stereocenters. The minimum atomic E-state index is -0.483. The van der Waals surface area contributed by atoms with E-state index in [1.54, 1.807) is 24.3 Å². The summed E-state index contributed by atoms with van der Waals surface area (Å²) in [6.45, 7) is 0. The summed E-state index contributed by atoms with van der Waals surface area (Å²) in [5.41, 5.74) is 3.65. The van der Waals surface area contributed by atoms with Crippen LogP contribution in [0.5, 0.6) is 11.5 Å². The van der Waals surface area contributed by atoms with Gasteiger partial charge in [-0.3, -0.25) is 9.89 Å². The number of phenols is 1. The Balaban J connectivity index is 1.68. The van der Waals surface area contributed by atoms with Crippen molar-refractivity contribution in [2.24, 2.45) is 5.10 Å². The van der Waals surface area contributed by atoms with Crippen molar-refractivity contribution >= 4 is 35.1 Å². The molecule has 0 aliphatic carbocycles. The Kier molecular flexibility index (Phi) is 5.01. The Hall–Kier alpha value is -2.84. The van der Waals surface area contributed by atoms with Crippen molar-refractivity contribution in [3.63, 3.8) is 0 Å². The third-order valence-corrected chi connectivity index (χ3v) is 4.52. The number of hydrazone groups is 1. The molecule has 2 heterocycles. The van der Waals surface area contributed by atoms with Crippen LogP contribution in [0.25, 0.3) is 10.6 Å². The number of halogens is 1. The summed E-state index contributed by atoms with van der Waals surface area (Å²) in [4.78, 5) is 13.0. The summed E-state index contributed by atoms with van der Waals surface area (Å²) in [5.74, 6) is 0.108. The number of carbonyl (C=O) groups is 1. The lowest BCUT2D eigenvalue weighted by Crippen LogP contribution is -2.18. The molecule has 0 fully saturated rings. The molecule has 3 aromatic rings. The van der Waals surface area contributed by atoms with Gasteiger partial charge in [-0.25, -0.2) is 5.43 Å². The van der Waals surface area contributed by atoms with E-state index in [9.17, 15) is 9.90 Å². The molecule has 1 amide bonds. The number of amides is 1. The molecule has 9 heteroatoms. The van der Waals surface area contributed by atoms with Crippen molar-refractivity contribution in [3.8, 4) is 22.1 Å². The van der Waals surface area contributed by atoms with Gasteiger partial charge in [0.1, 0.15) is 11.5 Å². The molecule has 0 spiro atoms. The minimum absolute atomic E-state index is 0.0235. The first kappa shape index (κ1) is 17.0. The van der Waals surface area contributed by atoms with Crippen LogP contribution in [0.4, 0.5) is 0 Å². The molecular weight excluding hydrogens is 364 g/mol. The molecule has 128 valence electrons. The van der Waals surface area contributed by atoms with E-state index in [2.05, 4.69) is 20.7 Å². The second-order valence-electron chi connectivity index (χ2n) is 4.89. The normalized spacial score (nSPS) is 11.0. The number of rotatable bonds is 5. The first-order valence-corrected chi connectivity index (χ1v) is 8.28. The van der Waals surface area contributed by atoms with Crippen LogP contribution in [0.3, 0.4) is 0 Å². The smallest absolute Gasteiger partial charge is 0.291 e. The highest BCUT2D eigenvalue weighted by Gasteiger charge is 2.12. The van der Waals surface area contributed by atoms with E-state index in [4.69, 9.17) is 16.3 Å². The van der Waals surface area contributed by atoms with Crippen molar-refractivity contribution in [1.82, 2.24) is 15.6 Å². The Labute approximate surface area is 151 Å². The zero-order valence-electron chi connectivity index (χ0n) is 13.0. The van der Waals surface area contributed by atoms with Gasteiger partial charge in [-0.15, -0.1) is 11.3 Å². The van der Waals surface area contributed by atoms with Crippen molar-refractivity contribution < 1.29 is 14.6 Å². The summed E-state index contributed by atoms with van der Waals surface area (Å²) in [5, 5.41) is 20.3. The number of nitrogens with zero attached hydrogens (tertiary/aromatic N) is 2. The van der Waals surface area contributed by atoms with E-state index in [1.807, 2.05) is 6.07 Å². The molecule has 1 aromatic carbocycles. The second kappa shape index (κ2) is 7.37. The standard InChI is InChI=1S/C16H13ClN4O3S/c1-24-10-2-3-13(22)9(6-10)8-18-21-16(23)12-7-11(19-20-12)14-4-5-15(17)25-14/h2-8,22H,1H3,(H,19,20)(H,21,23)/b18-8+. The highest BCUT2D eigenvalue weighted by molar-refractivity contribution is 7.19. The van der Waals surface area contributed by atoms with Gasteiger partial charge in [0.2, 0.25) is 0 Å². The number of H-pyrrole nitrogens is 1. The van der Waals surface area contributed by atoms with Crippen LogP contribution in [0.15, 0.2) is 41.5 Å². The fourth-order valence-corrected chi connectivity index (χ4v) is 3.01. The third-order valence-electron chi connectivity index (χ3n) is 3.25. The number of methoxy groups -OCH3 is 1. The Bertz CT molecular complexity index is 935. The molecule has 0 bridgehead atoms. The predicted molar refractivity (Wildman–Crippen MR) is 96.6 cm³/mol. The molecule has 0 saturated heterocycles. The van der Waals surface area contributed by atoms with Crippen LogP contribution in [-0.2, 0) is 0 Å². The maximum Gasteiger partial charge on any atom is 0.291 e. The number of thiophene rings is 1. The van der Waals surface area contributed by atoms with E-state index in [-0.39, 0.29) is 11.4 Å². The Morgan fingerprint density at radius 2 is 2.24 bits per heavy atom. The van der Waals surface area contributed by atoms with Gasteiger partial charge in [-0.2, -0.15) is 10.2 Å².